The van der Waals surface area contributed by atoms with Gasteiger partial charge in [-0.15, -0.1) is 0 Å². The number of carbonyl (C=O) groups is 1. The van der Waals surface area contributed by atoms with Gasteiger partial charge in [-0.05, 0) is 37.0 Å². The lowest BCUT2D eigenvalue weighted by Gasteiger charge is -2.31. The Morgan fingerprint density at radius 2 is 2.19 bits per heavy atom. The fraction of sp³-hybridized carbons (Fsp3) is 0.526. The van der Waals surface area contributed by atoms with Crippen LogP contribution in [0.2, 0.25) is 0 Å². The molecule has 1 N–H and O–H groups in total. The maximum atomic E-state index is 12.0. The summed E-state index contributed by atoms with van der Waals surface area (Å²) in [6.07, 6.45) is 4.27. The number of nitrogens with one attached hydrogen (secondary N) is 1. The summed E-state index contributed by atoms with van der Waals surface area (Å²) in [6, 6.07) is 3.85. The molecule has 4 heterocycles. The van der Waals surface area contributed by atoms with E-state index in [1.54, 1.807) is 4.90 Å². The number of fused-ring (bicyclic) bond motifs is 1. The molecule has 0 saturated carbocycles. The number of hydrogen-bond donors (Lipinski definition) is 1. The molecule has 1 atom stereocenters. The Balaban J connectivity index is 1.39. The van der Waals surface area contributed by atoms with Gasteiger partial charge < -0.3 is 14.6 Å². The average molecular weight is 356 g/mol. The zero-order valence-electron chi connectivity index (χ0n) is 15.0. The van der Waals surface area contributed by atoms with Gasteiger partial charge in [0.05, 0.1) is 11.0 Å². The summed E-state index contributed by atoms with van der Waals surface area (Å²) >= 11 is 0. The van der Waals surface area contributed by atoms with Crippen LogP contribution in [0.4, 0.5) is 4.79 Å². The van der Waals surface area contributed by atoms with Gasteiger partial charge in [0.25, 0.3) is 5.56 Å². The molecule has 0 spiro atoms. The van der Waals surface area contributed by atoms with Crippen molar-refractivity contribution in [3.63, 3.8) is 0 Å². The first-order chi connectivity index (χ1) is 12.6. The number of H-pyrrole nitrogens is 1. The molecule has 4 rings (SSSR count). The molecule has 2 fully saturated rings. The molecule has 0 radical (unpaired) electrons. The highest BCUT2D eigenvalue weighted by atomic mass is 16.6. The third kappa shape index (κ3) is 3.44. The number of pyridine rings is 2. The lowest BCUT2D eigenvalue weighted by molar-refractivity contribution is 0.0492. The summed E-state index contributed by atoms with van der Waals surface area (Å²) in [4.78, 5) is 35.3. The van der Waals surface area contributed by atoms with E-state index in [1.165, 1.54) is 0 Å². The van der Waals surface area contributed by atoms with Crippen LogP contribution in [0.5, 0.6) is 0 Å². The van der Waals surface area contributed by atoms with Crippen LogP contribution in [0, 0.1) is 0 Å². The predicted octanol–water partition coefficient (Wildman–Crippen LogP) is 1.90. The molecule has 7 nitrogen and oxygen atoms in total. The summed E-state index contributed by atoms with van der Waals surface area (Å²) in [7, 11) is 0. The first-order valence-corrected chi connectivity index (χ1v) is 9.31. The van der Waals surface area contributed by atoms with Crippen LogP contribution in [0.15, 0.2) is 23.1 Å². The van der Waals surface area contributed by atoms with Gasteiger partial charge in [0.1, 0.15) is 6.10 Å². The van der Waals surface area contributed by atoms with Crippen molar-refractivity contribution < 1.29 is 9.53 Å². The van der Waals surface area contributed by atoms with Crippen LogP contribution >= 0.6 is 0 Å². The van der Waals surface area contributed by atoms with Crippen molar-refractivity contribution in [1.29, 1.82) is 0 Å². The zero-order chi connectivity index (χ0) is 18.1. The number of carbonyl (C=O) groups excluding carboxylic acids is 1. The summed E-state index contributed by atoms with van der Waals surface area (Å²) < 4.78 is 5.58. The van der Waals surface area contributed by atoms with Gasteiger partial charge in [-0.25, -0.2) is 4.79 Å². The van der Waals surface area contributed by atoms with Gasteiger partial charge >= 0.3 is 6.09 Å². The Morgan fingerprint density at radius 1 is 1.35 bits per heavy atom. The molecular formula is C19H24N4O3. The van der Waals surface area contributed by atoms with E-state index in [0.717, 1.165) is 67.7 Å². The first kappa shape index (κ1) is 17.0. The summed E-state index contributed by atoms with van der Waals surface area (Å²) in [5.41, 5.74) is 3.34. The van der Waals surface area contributed by atoms with Gasteiger partial charge in [0.2, 0.25) is 0 Å². The number of hydrogen-bond acceptors (Lipinski definition) is 5. The Kier molecular flexibility index (Phi) is 4.63. The van der Waals surface area contributed by atoms with Crippen molar-refractivity contribution in [3.8, 4) is 0 Å². The van der Waals surface area contributed by atoms with E-state index >= 15 is 0 Å². The van der Waals surface area contributed by atoms with Gasteiger partial charge in [-0.3, -0.25) is 14.7 Å². The van der Waals surface area contributed by atoms with E-state index in [2.05, 4.69) is 14.9 Å². The molecule has 7 heteroatoms. The second kappa shape index (κ2) is 7.07. The van der Waals surface area contributed by atoms with Crippen molar-refractivity contribution >= 4 is 17.1 Å². The Hall–Kier alpha value is -2.41. The summed E-state index contributed by atoms with van der Waals surface area (Å²) in [5.74, 6) is 0. The van der Waals surface area contributed by atoms with Gasteiger partial charge in [-0.1, -0.05) is 6.92 Å². The third-order valence-corrected chi connectivity index (χ3v) is 5.22. The highest BCUT2D eigenvalue weighted by molar-refractivity contribution is 5.74. The van der Waals surface area contributed by atoms with E-state index in [1.807, 2.05) is 25.3 Å². The molecule has 0 bridgehead atoms. The second-order valence-corrected chi connectivity index (χ2v) is 7.12. The molecular weight excluding hydrogens is 332 g/mol. The number of ether oxygens (including phenoxy) is 1. The van der Waals surface area contributed by atoms with E-state index in [0.29, 0.717) is 6.42 Å². The maximum Gasteiger partial charge on any atom is 0.410 e. The Labute approximate surface area is 152 Å². The standard InChI is InChI=1S/C19H24N4O3/c1-2-14-9-16-17(21-18(14)24)8-13(10-20-16)11-22-7-4-15(12-22)26-19(25)23-5-3-6-23/h8-10,15H,2-7,11-12H2,1H3,(H,21,24). The SMILES string of the molecule is CCc1cc2ncc(CN3CCC(OC(=O)N4CCC4)C3)cc2[nH]c1=O. The third-order valence-electron chi connectivity index (χ3n) is 5.22. The molecule has 138 valence electrons. The van der Waals surface area contributed by atoms with E-state index in [4.69, 9.17) is 4.74 Å². The van der Waals surface area contributed by atoms with E-state index in [9.17, 15) is 9.59 Å². The monoisotopic (exact) mass is 356 g/mol. The van der Waals surface area contributed by atoms with Crippen LogP contribution in [0.25, 0.3) is 11.0 Å². The normalized spacial score (nSPS) is 20.3. The minimum Gasteiger partial charge on any atom is -0.445 e. The van der Waals surface area contributed by atoms with Crippen molar-refractivity contribution in [3.05, 3.63) is 39.8 Å². The number of aromatic amines is 1. The highest BCUT2D eigenvalue weighted by Crippen LogP contribution is 2.19. The van der Waals surface area contributed by atoms with Gasteiger partial charge in [0, 0.05) is 44.5 Å². The minimum atomic E-state index is -0.181. The number of nitrogens with zero attached hydrogens (tertiary/aromatic N) is 3. The number of rotatable bonds is 4. The quantitative estimate of drug-likeness (QED) is 0.905. The van der Waals surface area contributed by atoms with Crippen LogP contribution in [0.3, 0.4) is 0 Å². The van der Waals surface area contributed by atoms with Gasteiger partial charge in [-0.2, -0.15) is 0 Å². The maximum absolute atomic E-state index is 12.0. The predicted molar refractivity (Wildman–Crippen MR) is 98.1 cm³/mol. The molecule has 2 aliphatic rings. The van der Waals surface area contributed by atoms with Crippen molar-refractivity contribution in [2.45, 2.75) is 38.8 Å². The molecule has 2 aliphatic heterocycles. The van der Waals surface area contributed by atoms with Crippen LogP contribution in [-0.4, -0.2) is 58.1 Å². The molecule has 26 heavy (non-hydrogen) atoms. The Morgan fingerprint density at radius 3 is 2.92 bits per heavy atom. The zero-order valence-corrected chi connectivity index (χ0v) is 15.0. The molecule has 2 saturated heterocycles. The lowest BCUT2D eigenvalue weighted by atomic mass is 10.1. The molecule has 2 aromatic rings. The van der Waals surface area contributed by atoms with Crippen molar-refractivity contribution in [2.75, 3.05) is 26.2 Å². The average Bonchev–Trinajstić information content (AvgIpc) is 2.99. The number of amides is 1. The number of aromatic nitrogens is 2. The fourth-order valence-corrected chi connectivity index (χ4v) is 3.53. The molecule has 0 aromatic carbocycles. The van der Waals surface area contributed by atoms with Crippen LogP contribution in [0.1, 0.15) is 30.9 Å². The Bertz CT molecular complexity index is 875. The molecule has 1 amide bonds. The van der Waals surface area contributed by atoms with Gasteiger partial charge in [0.15, 0.2) is 0 Å². The minimum absolute atomic E-state index is 0.0385. The van der Waals surface area contributed by atoms with Crippen LogP contribution < -0.4 is 5.56 Å². The van der Waals surface area contributed by atoms with Crippen LogP contribution in [-0.2, 0) is 17.7 Å². The van der Waals surface area contributed by atoms with Crippen molar-refractivity contribution in [1.82, 2.24) is 19.8 Å². The summed E-state index contributed by atoms with van der Waals surface area (Å²) in [6.45, 7) is 5.96. The highest BCUT2D eigenvalue weighted by Gasteiger charge is 2.29. The molecule has 2 aromatic heterocycles. The molecule has 0 aliphatic carbocycles. The fourth-order valence-electron chi connectivity index (χ4n) is 3.53. The number of likely N-dealkylation sites (tertiary alicyclic amines) is 2. The second-order valence-electron chi connectivity index (χ2n) is 7.12. The number of aryl methyl sites for hydroxylation is 1. The summed E-state index contributed by atoms with van der Waals surface area (Å²) in [5, 5.41) is 0. The largest absolute Gasteiger partial charge is 0.445 e. The smallest absolute Gasteiger partial charge is 0.410 e. The van der Waals surface area contributed by atoms with Crippen molar-refractivity contribution in [2.24, 2.45) is 0 Å². The lowest BCUT2D eigenvalue weighted by Crippen LogP contribution is -2.44. The first-order valence-electron chi connectivity index (χ1n) is 9.31. The van der Waals surface area contributed by atoms with E-state index < -0.39 is 0 Å². The molecule has 1 unspecified atom stereocenters. The van der Waals surface area contributed by atoms with E-state index in [-0.39, 0.29) is 17.8 Å². The topological polar surface area (TPSA) is 78.5 Å².